The van der Waals surface area contributed by atoms with Crippen molar-refractivity contribution in [3.63, 3.8) is 0 Å². The van der Waals surface area contributed by atoms with Crippen LogP contribution in [0.25, 0.3) is 0 Å². The van der Waals surface area contributed by atoms with Gasteiger partial charge in [0.25, 0.3) is 0 Å². The Labute approximate surface area is 74.0 Å². The van der Waals surface area contributed by atoms with Gasteiger partial charge in [-0.2, -0.15) is 13.2 Å². The molecule has 0 amide bonds. The third kappa shape index (κ3) is 6.75. The average molecular weight is 203 g/mol. The van der Waals surface area contributed by atoms with Crippen molar-refractivity contribution in [1.29, 1.82) is 0 Å². The van der Waals surface area contributed by atoms with Gasteiger partial charge in [-0.1, -0.05) is 11.9 Å². The predicted molar refractivity (Wildman–Crippen MR) is 42.7 cm³/mol. The molecule has 0 aliphatic carbocycles. The van der Waals surface area contributed by atoms with Gasteiger partial charge < -0.3 is 4.74 Å². The summed E-state index contributed by atoms with van der Waals surface area (Å²) in [6.45, 7) is 0. The molecular weight excluding hydrogens is 191 g/mol. The van der Waals surface area contributed by atoms with E-state index in [1.807, 2.05) is 0 Å². The lowest BCUT2D eigenvalue weighted by atomic mass is 10.3. The lowest BCUT2D eigenvalue weighted by molar-refractivity contribution is -0.141. The largest absolute Gasteiger partial charge is 0.389 e. The normalized spacial score (nSPS) is 14.8. The first-order valence-corrected chi connectivity index (χ1v) is 4.60. The molecule has 0 fully saturated rings. The molecule has 0 saturated carbocycles. The van der Waals surface area contributed by atoms with E-state index in [4.69, 9.17) is 4.74 Å². The highest BCUT2D eigenvalue weighted by Crippen LogP contribution is 2.22. The molecule has 12 heavy (non-hydrogen) atoms. The molecule has 0 aromatic rings. The van der Waals surface area contributed by atoms with Crippen molar-refractivity contribution in [2.24, 2.45) is 0 Å². The van der Waals surface area contributed by atoms with Crippen LogP contribution in [-0.4, -0.2) is 25.8 Å². The molecule has 0 aromatic heterocycles. The van der Waals surface area contributed by atoms with Gasteiger partial charge in [0, 0.05) is 13.5 Å². The number of hydrogen-bond donors (Lipinski definition) is 1. The summed E-state index contributed by atoms with van der Waals surface area (Å²) >= 11 is 1.24. The maximum Gasteiger partial charge on any atom is 0.389 e. The fourth-order valence-electron chi connectivity index (χ4n) is 0.651. The lowest BCUT2D eigenvalue weighted by Crippen LogP contribution is -2.26. The van der Waals surface area contributed by atoms with Crippen molar-refractivity contribution in [3.8, 4) is 0 Å². The first kappa shape index (κ1) is 12.1. The van der Waals surface area contributed by atoms with Gasteiger partial charge in [-0.05, 0) is 12.7 Å². The molecule has 6 heteroatoms. The monoisotopic (exact) mass is 203 g/mol. The standard InChI is InChI=1S/C6H12F3NOS/c1-11-5(10-12-2)3-4-6(7,8)9/h5,10H,3-4H2,1-2H3. The van der Waals surface area contributed by atoms with Gasteiger partial charge in [0.05, 0.1) is 0 Å². The minimum absolute atomic E-state index is 0.0547. The van der Waals surface area contributed by atoms with E-state index >= 15 is 0 Å². The Morgan fingerprint density at radius 1 is 1.50 bits per heavy atom. The molecule has 1 N–H and O–H groups in total. The second-order valence-electron chi connectivity index (χ2n) is 2.20. The first-order valence-electron chi connectivity index (χ1n) is 3.37. The molecule has 1 atom stereocenters. The van der Waals surface area contributed by atoms with Gasteiger partial charge in [0.15, 0.2) is 0 Å². The van der Waals surface area contributed by atoms with E-state index in [9.17, 15) is 13.2 Å². The third-order valence-corrected chi connectivity index (χ3v) is 1.72. The molecule has 74 valence electrons. The summed E-state index contributed by atoms with van der Waals surface area (Å²) in [7, 11) is 1.38. The van der Waals surface area contributed by atoms with Gasteiger partial charge in [-0.15, -0.1) is 0 Å². The van der Waals surface area contributed by atoms with Crippen molar-refractivity contribution in [2.75, 3.05) is 13.4 Å². The van der Waals surface area contributed by atoms with Crippen LogP contribution in [0.3, 0.4) is 0 Å². The van der Waals surface area contributed by atoms with Crippen molar-refractivity contribution in [3.05, 3.63) is 0 Å². The van der Waals surface area contributed by atoms with E-state index in [1.165, 1.54) is 19.1 Å². The second-order valence-corrected chi connectivity index (χ2v) is 2.84. The van der Waals surface area contributed by atoms with E-state index < -0.39 is 18.8 Å². The van der Waals surface area contributed by atoms with Crippen LogP contribution in [0.2, 0.25) is 0 Å². The molecule has 0 heterocycles. The zero-order valence-electron chi connectivity index (χ0n) is 6.94. The zero-order valence-corrected chi connectivity index (χ0v) is 7.76. The number of halogens is 3. The molecule has 0 saturated heterocycles. The first-order chi connectivity index (χ1) is 5.49. The van der Waals surface area contributed by atoms with Gasteiger partial charge in [0.2, 0.25) is 0 Å². The van der Waals surface area contributed by atoms with Crippen molar-refractivity contribution >= 4 is 11.9 Å². The molecule has 2 nitrogen and oxygen atoms in total. The van der Waals surface area contributed by atoms with Crippen molar-refractivity contribution in [1.82, 2.24) is 4.72 Å². The SMILES string of the molecule is COC(CCC(F)(F)F)NSC. The Morgan fingerprint density at radius 3 is 2.42 bits per heavy atom. The van der Waals surface area contributed by atoms with Crippen molar-refractivity contribution in [2.45, 2.75) is 25.2 Å². The molecule has 1 unspecified atom stereocenters. The average Bonchev–Trinajstić information content (AvgIpc) is 1.96. The Kier molecular flexibility index (Phi) is 5.69. The van der Waals surface area contributed by atoms with Crippen LogP contribution in [0, 0.1) is 0 Å². The summed E-state index contributed by atoms with van der Waals surface area (Å²) in [6.07, 6.45) is -3.77. The van der Waals surface area contributed by atoms with Crippen LogP contribution >= 0.6 is 11.9 Å². The Hall–Kier alpha value is 0.0600. The predicted octanol–water partition coefficient (Wildman–Crippen LogP) is 2.17. The number of rotatable bonds is 5. The minimum Gasteiger partial charge on any atom is -0.366 e. The molecule has 0 rings (SSSR count). The second kappa shape index (κ2) is 5.66. The van der Waals surface area contributed by atoms with Crippen LogP contribution in [0.1, 0.15) is 12.8 Å². The third-order valence-electron chi connectivity index (χ3n) is 1.22. The number of methoxy groups -OCH3 is 1. The van der Waals surface area contributed by atoms with E-state index in [0.717, 1.165) is 0 Å². The van der Waals surface area contributed by atoms with E-state index in [1.54, 1.807) is 6.26 Å². The topological polar surface area (TPSA) is 21.3 Å². The van der Waals surface area contributed by atoms with Gasteiger partial charge in [-0.3, -0.25) is 0 Å². The van der Waals surface area contributed by atoms with E-state index in [-0.39, 0.29) is 6.42 Å². The molecule has 0 aliphatic heterocycles. The molecular formula is C6H12F3NOS. The minimum atomic E-state index is -4.10. The van der Waals surface area contributed by atoms with Crippen molar-refractivity contribution < 1.29 is 17.9 Å². The fraction of sp³-hybridized carbons (Fsp3) is 1.00. The number of nitrogens with one attached hydrogen (secondary N) is 1. The summed E-state index contributed by atoms with van der Waals surface area (Å²) in [5, 5.41) is 0. The highest BCUT2D eigenvalue weighted by atomic mass is 32.2. The van der Waals surface area contributed by atoms with E-state index in [0.29, 0.717) is 0 Å². The Morgan fingerprint density at radius 2 is 2.08 bits per heavy atom. The molecule has 0 aliphatic rings. The van der Waals surface area contributed by atoms with Crippen LogP contribution in [0.15, 0.2) is 0 Å². The number of ether oxygens (including phenoxy) is 1. The fourth-order valence-corrected chi connectivity index (χ4v) is 1.13. The molecule has 0 aromatic carbocycles. The lowest BCUT2D eigenvalue weighted by Gasteiger charge is -2.15. The van der Waals surface area contributed by atoms with Crippen LogP contribution < -0.4 is 4.72 Å². The molecule has 0 bridgehead atoms. The molecule has 0 spiro atoms. The number of hydrogen-bond acceptors (Lipinski definition) is 3. The zero-order chi connectivity index (χ0) is 9.61. The maximum atomic E-state index is 11.7. The summed E-state index contributed by atoms with van der Waals surface area (Å²) in [6, 6.07) is 0. The maximum absolute atomic E-state index is 11.7. The van der Waals surface area contributed by atoms with E-state index in [2.05, 4.69) is 4.72 Å². The summed E-state index contributed by atoms with van der Waals surface area (Å²) in [5.41, 5.74) is 0. The van der Waals surface area contributed by atoms with Crippen LogP contribution in [0.4, 0.5) is 13.2 Å². The highest BCUT2D eigenvalue weighted by Gasteiger charge is 2.28. The summed E-state index contributed by atoms with van der Waals surface area (Å²) in [4.78, 5) is 0. The highest BCUT2D eigenvalue weighted by molar-refractivity contribution is 7.96. The van der Waals surface area contributed by atoms with Gasteiger partial charge in [0.1, 0.15) is 6.23 Å². The van der Waals surface area contributed by atoms with Crippen LogP contribution in [0.5, 0.6) is 0 Å². The summed E-state index contributed by atoms with van der Waals surface area (Å²) in [5.74, 6) is 0. The quantitative estimate of drug-likeness (QED) is 0.546. The smallest absolute Gasteiger partial charge is 0.366 e. The summed E-state index contributed by atoms with van der Waals surface area (Å²) < 4.78 is 42.6. The molecule has 0 radical (unpaired) electrons. The Bertz CT molecular complexity index is 120. The van der Waals surface area contributed by atoms with Gasteiger partial charge in [-0.25, -0.2) is 4.72 Å². The Balaban J connectivity index is 3.58. The number of alkyl halides is 3. The van der Waals surface area contributed by atoms with Gasteiger partial charge >= 0.3 is 6.18 Å². The van der Waals surface area contributed by atoms with Crippen LogP contribution in [-0.2, 0) is 4.74 Å².